The molecule has 1 atom stereocenters. The van der Waals surface area contributed by atoms with Gasteiger partial charge in [-0.2, -0.15) is 0 Å². The molecular formula is C27H35N5O4. The minimum absolute atomic E-state index is 0.0221. The Labute approximate surface area is 212 Å². The van der Waals surface area contributed by atoms with Crippen LogP contribution in [0.15, 0.2) is 54.6 Å². The lowest BCUT2D eigenvalue weighted by atomic mass is 9.85. The van der Waals surface area contributed by atoms with Crippen LogP contribution in [0.5, 0.6) is 5.75 Å². The van der Waals surface area contributed by atoms with E-state index in [0.717, 1.165) is 12.1 Å². The molecule has 0 radical (unpaired) electrons. The number of anilines is 2. The van der Waals surface area contributed by atoms with Gasteiger partial charge in [-0.25, -0.2) is 4.79 Å². The minimum Gasteiger partial charge on any atom is -0.497 e. The number of hydrogen-bond acceptors (Lipinski definition) is 5. The third-order valence-electron chi connectivity index (χ3n) is 7.14. The van der Waals surface area contributed by atoms with Crippen molar-refractivity contribution in [1.29, 1.82) is 0 Å². The number of carbonyl (C=O) groups is 3. The quantitative estimate of drug-likeness (QED) is 0.617. The topological polar surface area (TPSA) is 94.2 Å². The van der Waals surface area contributed by atoms with E-state index in [1.54, 1.807) is 23.0 Å². The average molecular weight is 494 g/mol. The lowest BCUT2D eigenvalue weighted by Gasteiger charge is -2.43. The van der Waals surface area contributed by atoms with Crippen LogP contribution in [0.3, 0.4) is 0 Å². The Balaban J connectivity index is 1.48. The molecular weight excluding hydrogens is 458 g/mol. The fraction of sp³-hybridized carbons (Fsp3) is 0.444. The highest BCUT2D eigenvalue weighted by Gasteiger charge is 2.54. The van der Waals surface area contributed by atoms with Crippen molar-refractivity contribution < 1.29 is 19.1 Å². The second kappa shape index (κ2) is 10.9. The first-order chi connectivity index (χ1) is 17.4. The summed E-state index contributed by atoms with van der Waals surface area (Å²) in [7, 11) is 1.58. The van der Waals surface area contributed by atoms with E-state index in [1.807, 2.05) is 62.4 Å². The summed E-state index contributed by atoms with van der Waals surface area (Å²) in [4.78, 5) is 44.8. The fourth-order valence-electron chi connectivity index (χ4n) is 4.90. The SMILES string of the molecule is CC[C@H](C)NC(=O)CN1CN(c2ccccc2)C2(CCN(C(=O)Nc3cccc(OC)c3)CC2)C1=O. The minimum atomic E-state index is -0.787. The second-order valence-corrected chi connectivity index (χ2v) is 9.47. The van der Waals surface area contributed by atoms with Crippen molar-refractivity contribution in [2.24, 2.45) is 0 Å². The van der Waals surface area contributed by atoms with Crippen LogP contribution in [-0.2, 0) is 9.59 Å². The Morgan fingerprint density at radius 3 is 2.47 bits per heavy atom. The third kappa shape index (κ3) is 5.24. The first kappa shape index (κ1) is 25.3. The number of urea groups is 1. The van der Waals surface area contributed by atoms with Gasteiger partial charge in [0.25, 0.3) is 5.91 Å². The van der Waals surface area contributed by atoms with Gasteiger partial charge in [0, 0.05) is 36.6 Å². The first-order valence-corrected chi connectivity index (χ1v) is 12.5. The van der Waals surface area contributed by atoms with Crippen LogP contribution in [0.2, 0.25) is 0 Å². The van der Waals surface area contributed by atoms with Crippen LogP contribution >= 0.6 is 0 Å². The van der Waals surface area contributed by atoms with Gasteiger partial charge in [0.2, 0.25) is 5.91 Å². The van der Waals surface area contributed by atoms with Crippen LogP contribution in [0, 0.1) is 0 Å². The lowest BCUT2D eigenvalue weighted by molar-refractivity contribution is -0.137. The van der Waals surface area contributed by atoms with Gasteiger partial charge in [0.15, 0.2) is 0 Å². The molecule has 4 rings (SSSR count). The lowest BCUT2D eigenvalue weighted by Crippen LogP contribution is -2.58. The van der Waals surface area contributed by atoms with Crippen LogP contribution in [-0.4, -0.2) is 72.6 Å². The summed E-state index contributed by atoms with van der Waals surface area (Å²) in [5, 5.41) is 5.88. The maximum atomic E-state index is 13.8. The molecule has 2 fully saturated rings. The van der Waals surface area contributed by atoms with Gasteiger partial charge in [0.05, 0.1) is 13.8 Å². The molecule has 0 aliphatic carbocycles. The van der Waals surface area contributed by atoms with Crippen molar-refractivity contribution in [2.75, 3.05) is 43.6 Å². The monoisotopic (exact) mass is 493 g/mol. The molecule has 2 saturated heterocycles. The molecule has 0 unspecified atom stereocenters. The van der Waals surface area contributed by atoms with E-state index >= 15 is 0 Å². The van der Waals surface area contributed by atoms with E-state index in [9.17, 15) is 14.4 Å². The van der Waals surface area contributed by atoms with Gasteiger partial charge in [-0.15, -0.1) is 0 Å². The molecule has 2 aromatic rings. The molecule has 2 heterocycles. The summed E-state index contributed by atoms with van der Waals surface area (Å²) in [6.07, 6.45) is 1.79. The zero-order chi connectivity index (χ0) is 25.7. The standard InChI is InChI=1S/C27H35N5O4/c1-4-20(2)28-24(33)18-31-19-32(22-10-6-5-7-11-22)27(25(31)34)13-15-30(16-14-27)26(35)29-21-9-8-12-23(17-21)36-3/h5-12,17,20H,4,13-16,18-19H2,1-3H3,(H,28,33)(H,29,35)/t20-/m0/s1. The van der Waals surface area contributed by atoms with Gasteiger partial charge in [-0.3, -0.25) is 9.59 Å². The Bertz CT molecular complexity index is 1080. The van der Waals surface area contributed by atoms with E-state index in [4.69, 9.17) is 4.74 Å². The van der Waals surface area contributed by atoms with Crippen molar-refractivity contribution >= 4 is 29.2 Å². The second-order valence-electron chi connectivity index (χ2n) is 9.47. The van der Waals surface area contributed by atoms with Crippen molar-refractivity contribution in [3.63, 3.8) is 0 Å². The molecule has 0 saturated carbocycles. The summed E-state index contributed by atoms with van der Waals surface area (Å²) < 4.78 is 5.23. The van der Waals surface area contributed by atoms with Crippen molar-refractivity contribution in [2.45, 2.75) is 44.7 Å². The van der Waals surface area contributed by atoms with Gasteiger partial charge in [-0.05, 0) is 50.5 Å². The number of rotatable bonds is 7. The van der Waals surface area contributed by atoms with E-state index in [0.29, 0.717) is 44.0 Å². The van der Waals surface area contributed by atoms with E-state index in [1.165, 1.54) is 0 Å². The Morgan fingerprint density at radius 1 is 1.08 bits per heavy atom. The van der Waals surface area contributed by atoms with Crippen LogP contribution < -0.4 is 20.3 Å². The van der Waals surface area contributed by atoms with E-state index in [2.05, 4.69) is 15.5 Å². The number of ether oxygens (including phenoxy) is 1. The van der Waals surface area contributed by atoms with Gasteiger partial charge in [-0.1, -0.05) is 31.2 Å². The largest absolute Gasteiger partial charge is 0.497 e. The molecule has 2 N–H and O–H groups in total. The van der Waals surface area contributed by atoms with Crippen LogP contribution in [0.25, 0.3) is 0 Å². The Morgan fingerprint density at radius 2 is 1.81 bits per heavy atom. The number of carbonyl (C=O) groups excluding carboxylic acids is 3. The molecule has 2 aromatic carbocycles. The molecule has 9 nitrogen and oxygen atoms in total. The molecule has 36 heavy (non-hydrogen) atoms. The van der Waals surface area contributed by atoms with Gasteiger partial charge < -0.3 is 30.1 Å². The predicted molar refractivity (Wildman–Crippen MR) is 139 cm³/mol. The maximum Gasteiger partial charge on any atom is 0.321 e. The zero-order valence-corrected chi connectivity index (χ0v) is 21.2. The molecule has 0 aromatic heterocycles. The number of likely N-dealkylation sites (tertiary alicyclic amines) is 1. The van der Waals surface area contributed by atoms with Crippen molar-refractivity contribution in [1.82, 2.24) is 15.1 Å². The third-order valence-corrected chi connectivity index (χ3v) is 7.14. The number of nitrogens with one attached hydrogen (secondary N) is 2. The highest BCUT2D eigenvalue weighted by molar-refractivity contribution is 5.97. The summed E-state index contributed by atoms with van der Waals surface area (Å²) in [5.41, 5.74) is 0.802. The number of amides is 4. The molecule has 2 aliphatic heterocycles. The molecule has 192 valence electrons. The number of methoxy groups -OCH3 is 1. The number of para-hydroxylation sites is 1. The van der Waals surface area contributed by atoms with E-state index < -0.39 is 5.54 Å². The summed E-state index contributed by atoms with van der Waals surface area (Å²) in [6, 6.07) is 16.9. The smallest absolute Gasteiger partial charge is 0.321 e. The first-order valence-electron chi connectivity index (χ1n) is 12.5. The van der Waals surface area contributed by atoms with Crippen molar-refractivity contribution in [3.8, 4) is 5.75 Å². The van der Waals surface area contributed by atoms with Gasteiger partial charge >= 0.3 is 6.03 Å². The van der Waals surface area contributed by atoms with Crippen LogP contribution in [0.4, 0.5) is 16.2 Å². The highest BCUT2D eigenvalue weighted by atomic mass is 16.5. The predicted octanol–water partition coefficient (Wildman–Crippen LogP) is 3.28. The van der Waals surface area contributed by atoms with Crippen molar-refractivity contribution in [3.05, 3.63) is 54.6 Å². The molecule has 2 aliphatic rings. The Hall–Kier alpha value is -3.75. The molecule has 4 amide bonds. The fourth-order valence-corrected chi connectivity index (χ4v) is 4.90. The zero-order valence-electron chi connectivity index (χ0n) is 21.2. The number of piperidine rings is 1. The highest BCUT2D eigenvalue weighted by Crippen LogP contribution is 2.39. The normalized spacial score (nSPS) is 17.8. The molecule has 1 spiro atoms. The summed E-state index contributed by atoms with van der Waals surface area (Å²) in [6.45, 7) is 5.18. The summed E-state index contributed by atoms with van der Waals surface area (Å²) in [5.74, 6) is 0.453. The molecule has 0 bridgehead atoms. The van der Waals surface area contributed by atoms with E-state index in [-0.39, 0.29) is 30.4 Å². The number of hydrogen-bond donors (Lipinski definition) is 2. The van der Waals surface area contributed by atoms with Gasteiger partial charge in [0.1, 0.15) is 17.8 Å². The maximum absolute atomic E-state index is 13.8. The Kier molecular flexibility index (Phi) is 7.67. The average Bonchev–Trinajstić information content (AvgIpc) is 3.15. The molecule has 9 heteroatoms. The summed E-state index contributed by atoms with van der Waals surface area (Å²) >= 11 is 0. The number of benzene rings is 2. The van der Waals surface area contributed by atoms with Crippen LogP contribution in [0.1, 0.15) is 33.1 Å². The number of nitrogens with zero attached hydrogens (tertiary/aromatic N) is 3.